The average Bonchev–Trinajstić information content (AvgIpc) is 2.90. The Morgan fingerprint density at radius 1 is 1.52 bits per heavy atom. The first-order valence-corrected chi connectivity index (χ1v) is 7.26. The van der Waals surface area contributed by atoms with Crippen LogP contribution in [0.3, 0.4) is 0 Å². The third-order valence-electron chi connectivity index (χ3n) is 3.75. The average molecular weight is 286 g/mol. The molecule has 2 N–H and O–H groups in total. The van der Waals surface area contributed by atoms with Crippen LogP contribution in [0.15, 0.2) is 24.3 Å². The maximum absolute atomic E-state index is 12.4. The van der Waals surface area contributed by atoms with Crippen LogP contribution in [0.25, 0.3) is 0 Å². The highest BCUT2D eigenvalue weighted by atomic mass is 16.5. The summed E-state index contributed by atoms with van der Waals surface area (Å²) in [6.07, 6.45) is 0.827. The van der Waals surface area contributed by atoms with Gasteiger partial charge in [-0.15, -0.1) is 0 Å². The second kappa shape index (κ2) is 7.26. The molecule has 1 aromatic carbocycles. The molecular formula is C17H22N2O2. The van der Waals surface area contributed by atoms with E-state index in [0.29, 0.717) is 19.7 Å². The van der Waals surface area contributed by atoms with E-state index >= 15 is 0 Å². The van der Waals surface area contributed by atoms with Crippen LogP contribution in [0.2, 0.25) is 0 Å². The number of ether oxygens (including phenoxy) is 1. The van der Waals surface area contributed by atoms with Gasteiger partial charge in [-0.25, -0.2) is 0 Å². The van der Waals surface area contributed by atoms with Crippen molar-refractivity contribution in [1.82, 2.24) is 4.90 Å². The zero-order chi connectivity index (χ0) is 15.2. The molecule has 1 fully saturated rings. The first-order chi connectivity index (χ1) is 10.1. The van der Waals surface area contributed by atoms with Crippen molar-refractivity contribution in [2.45, 2.75) is 26.0 Å². The van der Waals surface area contributed by atoms with Crippen LogP contribution in [0.4, 0.5) is 0 Å². The highest BCUT2D eigenvalue weighted by Crippen LogP contribution is 2.23. The molecule has 0 bridgehead atoms. The van der Waals surface area contributed by atoms with Crippen LogP contribution in [0.1, 0.15) is 24.5 Å². The number of rotatable bonds is 3. The molecule has 2 atom stereocenters. The van der Waals surface area contributed by atoms with Crippen molar-refractivity contribution in [3.63, 3.8) is 0 Å². The number of hydrogen-bond acceptors (Lipinski definition) is 3. The van der Waals surface area contributed by atoms with Gasteiger partial charge in [0.25, 0.3) is 0 Å². The van der Waals surface area contributed by atoms with Crippen molar-refractivity contribution in [1.29, 1.82) is 0 Å². The quantitative estimate of drug-likeness (QED) is 0.854. The lowest BCUT2D eigenvalue weighted by atomic mass is 10.0. The fourth-order valence-electron chi connectivity index (χ4n) is 2.59. The van der Waals surface area contributed by atoms with Gasteiger partial charge in [0, 0.05) is 25.8 Å². The van der Waals surface area contributed by atoms with Crippen LogP contribution in [0, 0.1) is 17.8 Å². The van der Waals surface area contributed by atoms with Gasteiger partial charge < -0.3 is 15.4 Å². The highest BCUT2D eigenvalue weighted by Gasteiger charge is 2.32. The van der Waals surface area contributed by atoms with E-state index in [4.69, 9.17) is 10.5 Å². The van der Waals surface area contributed by atoms with Crippen molar-refractivity contribution >= 4 is 5.91 Å². The summed E-state index contributed by atoms with van der Waals surface area (Å²) in [5.74, 6) is 5.98. The predicted molar refractivity (Wildman–Crippen MR) is 82.4 cm³/mol. The molecule has 1 aliphatic rings. The third kappa shape index (κ3) is 4.07. The molecule has 112 valence electrons. The Balaban J connectivity index is 2.02. The molecule has 0 aromatic heterocycles. The van der Waals surface area contributed by atoms with E-state index in [0.717, 1.165) is 17.5 Å². The van der Waals surface area contributed by atoms with E-state index in [1.54, 1.807) is 4.90 Å². The number of nitrogens with zero attached hydrogens (tertiary/aromatic N) is 1. The molecule has 1 aliphatic heterocycles. The molecular weight excluding hydrogens is 264 g/mol. The summed E-state index contributed by atoms with van der Waals surface area (Å²) in [5.41, 5.74) is 7.38. The van der Waals surface area contributed by atoms with E-state index < -0.39 is 0 Å². The number of amides is 1. The standard InChI is InChI=1S/C17H22N2O2/c1-13-16(8-10-21-13)17(20)19(2)12-15-6-3-5-14(11-15)7-4-9-18/h3,5-6,11,13,16H,8-10,12,18H2,1-2H3. The van der Waals surface area contributed by atoms with Crippen LogP contribution < -0.4 is 5.73 Å². The lowest BCUT2D eigenvalue weighted by Crippen LogP contribution is -2.35. The molecule has 4 nitrogen and oxygen atoms in total. The summed E-state index contributed by atoms with van der Waals surface area (Å²) in [6.45, 7) is 3.57. The Morgan fingerprint density at radius 3 is 3.00 bits per heavy atom. The van der Waals surface area contributed by atoms with Crippen LogP contribution >= 0.6 is 0 Å². The Hall–Kier alpha value is -1.83. The Labute approximate surface area is 126 Å². The van der Waals surface area contributed by atoms with Crippen molar-refractivity contribution < 1.29 is 9.53 Å². The number of benzene rings is 1. The lowest BCUT2D eigenvalue weighted by molar-refractivity contribution is -0.136. The summed E-state index contributed by atoms with van der Waals surface area (Å²) in [7, 11) is 1.84. The van der Waals surface area contributed by atoms with E-state index in [1.165, 1.54) is 0 Å². The molecule has 0 spiro atoms. The molecule has 1 aromatic rings. The van der Waals surface area contributed by atoms with Gasteiger partial charge in [-0.05, 0) is 31.0 Å². The summed E-state index contributed by atoms with van der Waals surface area (Å²) in [4.78, 5) is 14.2. The van der Waals surface area contributed by atoms with Crippen molar-refractivity contribution in [3.05, 3.63) is 35.4 Å². The second-order valence-electron chi connectivity index (χ2n) is 5.37. The fraction of sp³-hybridized carbons (Fsp3) is 0.471. The topological polar surface area (TPSA) is 55.6 Å². The van der Waals surface area contributed by atoms with Crippen LogP contribution in [-0.2, 0) is 16.1 Å². The smallest absolute Gasteiger partial charge is 0.228 e. The minimum Gasteiger partial charge on any atom is -0.378 e. The third-order valence-corrected chi connectivity index (χ3v) is 3.75. The minimum absolute atomic E-state index is 0.0155. The van der Waals surface area contributed by atoms with Gasteiger partial charge in [-0.3, -0.25) is 4.79 Å². The molecule has 0 saturated carbocycles. The summed E-state index contributed by atoms with van der Waals surface area (Å²) < 4.78 is 5.47. The first-order valence-electron chi connectivity index (χ1n) is 7.26. The van der Waals surface area contributed by atoms with E-state index in [2.05, 4.69) is 11.8 Å². The van der Waals surface area contributed by atoms with Gasteiger partial charge >= 0.3 is 0 Å². The van der Waals surface area contributed by atoms with Gasteiger partial charge in [0.05, 0.1) is 18.6 Å². The van der Waals surface area contributed by atoms with Crippen molar-refractivity contribution in [3.8, 4) is 11.8 Å². The molecule has 0 radical (unpaired) electrons. The Kier molecular flexibility index (Phi) is 5.38. The number of carbonyl (C=O) groups excluding carboxylic acids is 1. The largest absolute Gasteiger partial charge is 0.378 e. The van der Waals surface area contributed by atoms with Gasteiger partial charge in [-0.1, -0.05) is 24.0 Å². The van der Waals surface area contributed by atoms with Crippen molar-refractivity contribution in [2.24, 2.45) is 11.7 Å². The monoisotopic (exact) mass is 286 g/mol. The second-order valence-corrected chi connectivity index (χ2v) is 5.37. The highest BCUT2D eigenvalue weighted by molar-refractivity contribution is 5.79. The number of nitrogens with two attached hydrogens (primary N) is 1. The van der Waals surface area contributed by atoms with Gasteiger partial charge in [-0.2, -0.15) is 0 Å². The van der Waals surface area contributed by atoms with Gasteiger partial charge in [0.1, 0.15) is 0 Å². The van der Waals surface area contributed by atoms with E-state index in [-0.39, 0.29) is 17.9 Å². The Bertz CT molecular complexity index is 559. The molecule has 4 heteroatoms. The van der Waals surface area contributed by atoms with Crippen LogP contribution in [0.5, 0.6) is 0 Å². The zero-order valence-electron chi connectivity index (χ0n) is 12.6. The summed E-state index contributed by atoms with van der Waals surface area (Å²) in [6, 6.07) is 7.91. The number of hydrogen-bond donors (Lipinski definition) is 1. The van der Waals surface area contributed by atoms with Gasteiger partial charge in [0.2, 0.25) is 5.91 Å². The molecule has 2 unspecified atom stereocenters. The molecule has 2 rings (SSSR count). The van der Waals surface area contributed by atoms with Crippen LogP contribution in [-0.4, -0.2) is 37.1 Å². The summed E-state index contributed by atoms with van der Waals surface area (Å²) in [5, 5.41) is 0. The molecule has 1 saturated heterocycles. The molecule has 1 amide bonds. The van der Waals surface area contributed by atoms with Crippen molar-refractivity contribution in [2.75, 3.05) is 20.2 Å². The molecule has 21 heavy (non-hydrogen) atoms. The van der Waals surface area contributed by atoms with E-state index in [9.17, 15) is 4.79 Å². The maximum atomic E-state index is 12.4. The summed E-state index contributed by atoms with van der Waals surface area (Å²) >= 11 is 0. The normalized spacial score (nSPS) is 20.7. The Morgan fingerprint density at radius 2 is 2.33 bits per heavy atom. The SMILES string of the molecule is CC1OCCC1C(=O)N(C)Cc1cccc(C#CCN)c1. The molecule has 0 aliphatic carbocycles. The lowest BCUT2D eigenvalue weighted by Gasteiger charge is -2.22. The predicted octanol–water partition coefficient (Wildman–Crippen LogP) is 1.38. The van der Waals surface area contributed by atoms with Gasteiger partial charge in [0.15, 0.2) is 0 Å². The van der Waals surface area contributed by atoms with E-state index in [1.807, 2.05) is 38.2 Å². The zero-order valence-corrected chi connectivity index (χ0v) is 12.6. The molecule has 1 heterocycles. The minimum atomic E-state index is -0.0183. The fourth-order valence-corrected chi connectivity index (χ4v) is 2.59. The first kappa shape index (κ1) is 15.6. The maximum Gasteiger partial charge on any atom is 0.228 e. The number of carbonyl (C=O) groups is 1.